The molecule has 0 bridgehead atoms. The van der Waals surface area contributed by atoms with Crippen LogP contribution in [-0.2, 0) is 11.2 Å². The first-order valence-electron chi connectivity index (χ1n) is 9.11. The highest BCUT2D eigenvalue weighted by atomic mass is 16.1. The molecule has 0 aliphatic carbocycles. The first-order valence-corrected chi connectivity index (χ1v) is 9.11. The third kappa shape index (κ3) is 4.30. The average Bonchev–Trinajstić information content (AvgIpc) is 2.74. The van der Waals surface area contributed by atoms with E-state index in [1.165, 1.54) is 0 Å². The molecule has 4 heteroatoms. The van der Waals surface area contributed by atoms with Gasteiger partial charge in [0, 0.05) is 5.69 Å². The molecule has 0 heterocycles. The molecule has 4 aromatic carbocycles. The predicted octanol–water partition coefficient (Wildman–Crippen LogP) is 6.44. The summed E-state index contributed by atoms with van der Waals surface area (Å²) < 4.78 is 0. The van der Waals surface area contributed by atoms with Gasteiger partial charge in [0.15, 0.2) is 0 Å². The minimum atomic E-state index is -0.0463. The summed E-state index contributed by atoms with van der Waals surface area (Å²) in [5.41, 5.74) is 3.29. The van der Waals surface area contributed by atoms with Crippen molar-refractivity contribution in [1.29, 1.82) is 0 Å². The van der Waals surface area contributed by atoms with Gasteiger partial charge in [-0.1, -0.05) is 60.7 Å². The van der Waals surface area contributed by atoms with Crippen molar-refractivity contribution in [2.45, 2.75) is 6.42 Å². The second-order valence-electron chi connectivity index (χ2n) is 6.45. The summed E-state index contributed by atoms with van der Waals surface area (Å²) in [4.78, 5) is 12.5. The minimum Gasteiger partial charge on any atom is -0.326 e. The Morgan fingerprint density at radius 1 is 0.679 bits per heavy atom. The van der Waals surface area contributed by atoms with Gasteiger partial charge >= 0.3 is 0 Å². The number of anilines is 1. The standard InChI is InChI=1S/C24H19N3O/c28-24(17-19-9-6-8-18-7-4-5-12-23(18)19)25-20-13-15-22(16-14-20)27-26-21-10-2-1-3-11-21/h1-16H,17H2,(H,25,28). The van der Waals surface area contributed by atoms with Crippen molar-refractivity contribution in [3.05, 3.63) is 103 Å². The average molecular weight is 365 g/mol. The van der Waals surface area contributed by atoms with E-state index in [0.29, 0.717) is 6.42 Å². The van der Waals surface area contributed by atoms with Crippen LogP contribution >= 0.6 is 0 Å². The lowest BCUT2D eigenvalue weighted by molar-refractivity contribution is -0.115. The molecular weight excluding hydrogens is 346 g/mol. The van der Waals surface area contributed by atoms with Crippen LogP contribution in [0.5, 0.6) is 0 Å². The lowest BCUT2D eigenvalue weighted by Crippen LogP contribution is -2.14. The van der Waals surface area contributed by atoms with Crippen LogP contribution in [0.15, 0.2) is 107 Å². The summed E-state index contributed by atoms with van der Waals surface area (Å²) in [6.07, 6.45) is 0.330. The summed E-state index contributed by atoms with van der Waals surface area (Å²) in [7, 11) is 0. The van der Waals surface area contributed by atoms with E-state index in [4.69, 9.17) is 0 Å². The molecule has 0 saturated carbocycles. The molecule has 1 N–H and O–H groups in total. The molecular formula is C24H19N3O. The summed E-state index contributed by atoms with van der Waals surface area (Å²) in [5.74, 6) is -0.0463. The van der Waals surface area contributed by atoms with E-state index in [-0.39, 0.29) is 5.91 Å². The molecule has 0 unspecified atom stereocenters. The zero-order valence-corrected chi connectivity index (χ0v) is 15.2. The van der Waals surface area contributed by atoms with Crippen LogP contribution in [-0.4, -0.2) is 5.91 Å². The maximum Gasteiger partial charge on any atom is 0.228 e. The third-order valence-electron chi connectivity index (χ3n) is 4.42. The van der Waals surface area contributed by atoms with Crippen LogP contribution in [0.25, 0.3) is 10.8 Å². The Labute approximate surface area is 163 Å². The van der Waals surface area contributed by atoms with E-state index in [2.05, 4.69) is 27.7 Å². The zero-order chi connectivity index (χ0) is 19.2. The fourth-order valence-electron chi connectivity index (χ4n) is 3.05. The molecule has 4 nitrogen and oxygen atoms in total. The Balaban J connectivity index is 1.41. The molecule has 0 aromatic heterocycles. The third-order valence-corrected chi connectivity index (χ3v) is 4.42. The van der Waals surface area contributed by atoms with E-state index in [1.54, 1.807) is 0 Å². The number of rotatable bonds is 5. The molecule has 1 amide bonds. The van der Waals surface area contributed by atoms with Gasteiger partial charge < -0.3 is 5.32 Å². The normalized spacial score (nSPS) is 11.0. The molecule has 0 aliphatic heterocycles. The molecule has 0 fully saturated rings. The van der Waals surface area contributed by atoms with Gasteiger partial charge in [-0.3, -0.25) is 4.79 Å². The summed E-state index contributed by atoms with van der Waals surface area (Å²) in [6.45, 7) is 0. The van der Waals surface area contributed by atoms with Crippen molar-refractivity contribution in [3.63, 3.8) is 0 Å². The van der Waals surface area contributed by atoms with Crippen LogP contribution in [0.4, 0.5) is 17.1 Å². The fraction of sp³-hybridized carbons (Fsp3) is 0.0417. The molecule has 136 valence electrons. The van der Waals surface area contributed by atoms with E-state index < -0.39 is 0 Å². The molecule has 4 rings (SSSR count). The lowest BCUT2D eigenvalue weighted by Gasteiger charge is -2.08. The van der Waals surface area contributed by atoms with Gasteiger partial charge in [-0.15, -0.1) is 0 Å². The molecule has 0 radical (unpaired) electrons. The second-order valence-corrected chi connectivity index (χ2v) is 6.45. The number of carbonyl (C=O) groups is 1. The lowest BCUT2D eigenvalue weighted by atomic mass is 10.0. The van der Waals surface area contributed by atoms with Crippen molar-refractivity contribution in [1.82, 2.24) is 0 Å². The van der Waals surface area contributed by atoms with Gasteiger partial charge in [0.1, 0.15) is 0 Å². The highest BCUT2D eigenvalue weighted by Crippen LogP contribution is 2.21. The van der Waals surface area contributed by atoms with Crippen LogP contribution in [0.2, 0.25) is 0 Å². The molecule has 28 heavy (non-hydrogen) atoms. The topological polar surface area (TPSA) is 53.8 Å². The van der Waals surface area contributed by atoms with Gasteiger partial charge in [0.25, 0.3) is 0 Å². The van der Waals surface area contributed by atoms with Gasteiger partial charge in [0.2, 0.25) is 5.91 Å². The van der Waals surface area contributed by atoms with Gasteiger partial charge in [-0.05, 0) is 52.7 Å². The van der Waals surface area contributed by atoms with Crippen LogP contribution < -0.4 is 5.32 Å². The first-order chi connectivity index (χ1) is 13.8. The summed E-state index contributed by atoms with van der Waals surface area (Å²) in [5, 5.41) is 13.6. The number of benzene rings is 4. The molecule has 0 aliphatic rings. The monoisotopic (exact) mass is 365 g/mol. The number of nitrogens with zero attached hydrogens (tertiary/aromatic N) is 2. The van der Waals surface area contributed by atoms with Crippen molar-refractivity contribution < 1.29 is 4.79 Å². The van der Waals surface area contributed by atoms with Crippen LogP contribution in [0.3, 0.4) is 0 Å². The molecule has 0 atom stereocenters. The van der Waals surface area contributed by atoms with Gasteiger partial charge in [0.05, 0.1) is 17.8 Å². The summed E-state index contributed by atoms with van der Waals surface area (Å²) in [6, 6.07) is 31.0. The number of nitrogens with one attached hydrogen (secondary N) is 1. The van der Waals surface area contributed by atoms with Crippen molar-refractivity contribution >= 4 is 33.7 Å². The number of azo groups is 1. The highest BCUT2D eigenvalue weighted by Gasteiger charge is 2.07. The largest absolute Gasteiger partial charge is 0.326 e. The van der Waals surface area contributed by atoms with Crippen molar-refractivity contribution in [3.8, 4) is 0 Å². The maximum atomic E-state index is 12.5. The molecule has 4 aromatic rings. The molecule has 0 saturated heterocycles. The Kier molecular flexibility index (Phi) is 5.20. The smallest absolute Gasteiger partial charge is 0.228 e. The second kappa shape index (κ2) is 8.27. The molecule has 0 spiro atoms. The number of carbonyl (C=O) groups excluding carboxylic acids is 1. The Morgan fingerprint density at radius 3 is 2.11 bits per heavy atom. The van der Waals surface area contributed by atoms with Crippen molar-refractivity contribution in [2.75, 3.05) is 5.32 Å². The van der Waals surface area contributed by atoms with Crippen molar-refractivity contribution in [2.24, 2.45) is 10.2 Å². The Hall–Kier alpha value is -3.79. The SMILES string of the molecule is O=C(Cc1cccc2ccccc12)Nc1ccc(N=Nc2ccccc2)cc1. The van der Waals surface area contributed by atoms with E-state index in [1.807, 2.05) is 84.9 Å². The fourth-order valence-corrected chi connectivity index (χ4v) is 3.05. The number of amides is 1. The first kappa shape index (κ1) is 17.6. The summed E-state index contributed by atoms with van der Waals surface area (Å²) >= 11 is 0. The number of hydrogen-bond acceptors (Lipinski definition) is 3. The van der Waals surface area contributed by atoms with E-state index in [0.717, 1.165) is 33.4 Å². The van der Waals surface area contributed by atoms with E-state index in [9.17, 15) is 4.79 Å². The Bertz CT molecular complexity index is 1110. The van der Waals surface area contributed by atoms with Gasteiger partial charge in [-0.2, -0.15) is 10.2 Å². The van der Waals surface area contributed by atoms with Crippen LogP contribution in [0, 0.1) is 0 Å². The van der Waals surface area contributed by atoms with Gasteiger partial charge in [-0.25, -0.2) is 0 Å². The number of fused-ring (bicyclic) bond motifs is 1. The minimum absolute atomic E-state index is 0.0463. The maximum absolute atomic E-state index is 12.5. The zero-order valence-electron chi connectivity index (χ0n) is 15.2. The highest BCUT2D eigenvalue weighted by molar-refractivity contribution is 5.96. The predicted molar refractivity (Wildman–Crippen MR) is 113 cm³/mol. The quantitative estimate of drug-likeness (QED) is 0.407. The Morgan fingerprint density at radius 2 is 1.32 bits per heavy atom. The van der Waals surface area contributed by atoms with E-state index >= 15 is 0 Å². The number of hydrogen-bond donors (Lipinski definition) is 1. The van der Waals surface area contributed by atoms with Crippen LogP contribution in [0.1, 0.15) is 5.56 Å².